The first-order chi connectivity index (χ1) is 6.45. The van der Waals surface area contributed by atoms with Crippen molar-refractivity contribution in [3.05, 3.63) is 33.8 Å². The van der Waals surface area contributed by atoms with Gasteiger partial charge in [-0.05, 0) is 25.5 Å². The third-order valence-corrected chi connectivity index (χ3v) is 2.36. The second-order valence-electron chi connectivity index (χ2n) is 2.99. The van der Waals surface area contributed by atoms with Crippen LogP contribution in [0.5, 0.6) is 0 Å². The van der Waals surface area contributed by atoms with Gasteiger partial charge in [0.05, 0.1) is 5.02 Å². The van der Waals surface area contributed by atoms with E-state index in [9.17, 15) is 13.6 Å². The van der Waals surface area contributed by atoms with Crippen LogP contribution >= 0.6 is 11.6 Å². The van der Waals surface area contributed by atoms with E-state index in [4.69, 9.17) is 11.6 Å². The quantitative estimate of drug-likeness (QED) is 0.691. The molecule has 1 aromatic rings. The molecular weight excluding hydrogens is 210 g/mol. The number of rotatable bonds is 2. The second kappa shape index (κ2) is 4.05. The first-order valence-electron chi connectivity index (χ1n) is 4.03. The lowest BCUT2D eigenvalue weighted by molar-refractivity contribution is 0.101. The van der Waals surface area contributed by atoms with Gasteiger partial charge < -0.3 is 0 Å². The summed E-state index contributed by atoms with van der Waals surface area (Å²) in [5, 5.41) is 0.222. The van der Waals surface area contributed by atoms with E-state index in [1.165, 1.54) is 26.0 Å². The van der Waals surface area contributed by atoms with E-state index >= 15 is 0 Å². The summed E-state index contributed by atoms with van der Waals surface area (Å²) in [5.74, 6) is -0.296. The molecule has 1 rings (SSSR count). The van der Waals surface area contributed by atoms with Crippen LogP contribution in [0.2, 0.25) is 5.02 Å². The van der Waals surface area contributed by atoms with Gasteiger partial charge >= 0.3 is 0 Å². The number of hydrogen-bond acceptors (Lipinski definition) is 1. The molecule has 0 aliphatic carbocycles. The van der Waals surface area contributed by atoms with E-state index in [-0.39, 0.29) is 27.5 Å². The van der Waals surface area contributed by atoms with Crippen LogP contribution in [-0.4, -0.2) is 5.78 Å². The van der Waals surface area contributed by atoms with Gasteiger partial charge in [-0.3, -0.25) is 4.79 Å². The highest BCUT2D eigenvalue weighted by Gasteiger charge is 2.17. The summed E-state index contributed by atoms with van der Waals surface area (Å²) in [5.41, 5.74) is 0.309. The highest BCUT2D eigenvalue weighted by Crippen LogP contribution is 2.29. The van der Waals surface area contributed by atoms with Crippen molar-refractivity contribution in [2.24, 2.45) is 0 Å². The van der Waals surface area contributed by atoms with Crippen molar-refractivity contribution in [3.63, 3.8) is 0 Å². The molecule has 0 radical (unpaired) electrons. The molecule has 1 aromatic carbocycles. The van der Waals surface area contributed by atoms with Gasteiger partial charge in [-0.15, -0.1) is 0 Å². The SMILES string of the molecule is CC(=O)c1c(Cl)ccc(C(F)F)c1C. The highest BCUT2D eigenvalue weighted by atomic mass is 35.5. The van der Waals surface area contributed by atoms with E-state index in [1.807, 2.05) is 0 Å². The average molecular weight is 219 g/mol. The van der Waals surface area contributed by atoms with Crippen molar-refractivity contribution in [2.45, 2.75) is 20.3 Å². The van der Waals surface area contributed by atoms with E-state index in [0.29, 0.717) is 0 Å². The lowest BCUT2D eigenvalue weighted by Crippen LogP contribution is -2.01. The van der Waals surface area contributed by atoms with Crippen molar-refractivity contribution in [3.8, 4) is 0 Å². The normalized spacial score (nSPS) is 10.7. The number of halogens is 3. The summed E-state index contributed by atoms with van der Waals surface area (Å²) in [6.45, 7) is 2.79. The molecule has 14 heavy (non-hydrogen) atoms. The average Bonchev–Trinajstić information content (AvgIpc) is 2.02. The van der Waals surface area contributed by atoms with Crippen LogP contribution in [0.15, 0.2) is 12.1 Å². The molecule has 0 spiro atoms. The molecule has 0 aliphatic rings. The van der Waals surface area contributed by atoms with E-state index < -0.39 is 6.43 Å². The largest absolute Gasteiger partial charge is 0.294 e. The fourth-order valence-electron chi connectivity index (χ4n) is 1.36. The molecule has 0 amide bonds. The monoisotopic (exact) mass is 218 g/mol. The Hall–Kier alpha value is -0.960. The molecule has 76 valence electrons. The minimum Gasteiger partial charge on any atom is -0.294 e. The highest BCUT2D eigenvalue weighted by molar-refractivity contribution is 6.34. The van der Waals surface area contributed by atoms with Crippen LogP contribution in [-0.2, 0) is 0 Å². The lowest BCUT2D eigenvalue weighted by Gasteiger charge is -2.09. The Morgan fingerprint density at radius 2 is 2.00 bits per heavy atom. The molecule has 0 saturated heterocycles. The molecule has 0 aromatic heterocycles. The second-order valence-corrected chi connectivity index (χ2v) is 3.40. The predicted octanol–water partition coefficient (Wildman–Crippen LogP) is 3.79. The molecule has 1 nitrogen and oxygen atoms in total. The topological polar surface area (TPSA) is 17.1 Å². The van der Waals surface area contributed by atoms with Gasteiger partial charge in [0.1, 0.15) is 0 Å². The van der Waals surface area contributed by atoms with Crippen LogP contribution in [0.3, 0.4) is 0 Å². The Bertz CT molecular complexity index is 375. The van der Waals surface area contributed by atoms with Crippen LogP contribution in [0.4, 0.5) is 8.78 Å². The van der Waals surface area contributed by atoms with Crippen LogP contribution in [0.1, 0.15) is 34.8 Å². The molecule has 4 heteroatoms. The van der Waals surface area contributed by atoms with Crippen LogP contribution in [0, 0.1) is 6.92 Å². The molecule has 0 bridgehead atoms. The first kappa shape index (κ1) is 11.1. The van der Waals surface area contributed by atoms with Crippen molar-refractivity contribution in [1.29, 1.82) is 0 Å². The Morgan fingerprint density at radius 3 is 2.43 bits per heavy atom. The maximum Gasteiger partial charge on any atom is 0.264 e. The Kier molecular flexibility index (Phi) is 3.21. The first-order valence-corrected chi connectivity index (χ1v) is 4.41. The smallest absolute Gasteiger partial charge is 0.264 e. The third kappa shape index (κ3) is 1.93. The zero-order valence-corrected chi connectivity index (χ0v) is 8.53. The fourth-order valence-corrected chi connectivity index (χ4v) is 1.70. The van der Waals surface area contributed by atoms with E-state index in [0.717, 1.165) is 0 Å². The van der Waals surface area contributed by atoms with Crippen molar-refractivity contribution >= 4 is 17.4 Å². The molecule has 0 aliphatic heterocycles. The van der Waals surface area contributed by atoms with Crippen LogP contribution < -0.4 is 0 Å². The number of Topliss-reactive ketones (excluding diaryl/α,β-unsaturated/α-hetero) is 1. The van der Waals surface area contributed by atoms with Crippen LogP contribution in [0.25, 0.3) is 0 Å². The summed E-state index contributed by atoms with van der Waals surface area (Å²) >= 11 is 5.74. The molecule has 0 N–H and O–H groups in total. The Labute approximate surface area is 85.7 Å². The van der Waals surface area contributed by atoms with Crippen molar-refractivity contribution in [2.75, 3.05) is 0 Å². The molecule has 0 fully saturated rings. The van der Waals surface area contributed by atoms with E-state index in [2.05, 4.69) is 0 Å². The number of carbonyl (C=O) groups is 1. The fraction of sp³-hybridized carbons (Fsp3) is 0.300. The zero-order chi connectivity index (χ0) is 10.9. The summed E-state index contributed by atoms with van der Waals surface area (Å²) in [7, 11) is 0. The van der Waals surface area contributed by atoms with Crippen molar-refractivity contribution < 1.29 is 13.6 Å². The molecule has 0 heterocycles. The number of alkyl halides is 2. The minimum atomic E-state index is -2.58. The molecular formula is C10H9ClF2O. The maximum atomic E-state index is 12.4. The molecule has 0 atom stereocenters. The van der Waals surface area contributed by atoms with Gasteiger partial charge in [0, 0.05) is 11.1 Å². The third-order valence-electron chi connectivity index (χ3n) is 2.04. The van der Waals surface area contributed by atoms with E-state index in [1.54, 1.807) is 0 Å². The molecule has 0 unspecified atom stereocenters. The van der Waals surface area contributed by atoms with Gasteiger partial charge in [0.15, 0.2) is 5.78 Å². The number of benzene rings is 1. The predicted molar refractivity (Wildman–Crippen MR) is 51.2 cm³/mol. The van der Waals surface area contributed by atoms with Crippen molar-refractivity contribution in [1.82, 2.24) is 0 Å². The lowest BCUT2D eigenvalue weighted by atomic mass is 10.00. The summed E-state index contributed by atoms with van der Waals surface area (Å²) in [4.78, 5) is 11.1. The number of carbonyl (C=O) groups excluding carboxylic acids is 1. The summed E-state index contributed by atoms with van der Waals surface area (Å²) in [6.07, 6.45) is -2.58. The Balaban J connectivity index is 3.41. The number of hydrogen-bond donors (Lipinski definition) is 0. The standard InChI is InChI=1S/C10H9ClF2O/c1-5-7(10(12)13)3-4-8(11)9(5)6(2)14/h3-4,10H,1-2H3. The zero-order valence-electron chi connectivity index (χ0n) is 7.77. The maximum absolute atomic E-state index is 12.4. The van der Waals surface area contributed by atoms with Gasteiger partial charge in [-0.25, -0.2) is 8.78 Å². The van der Waals surface area contributed by atoms with Gasteiger partial charge in [0.2, 0.25) is 0 Å². The summed E-state index contributed by atoms with van der Waals surface area (Å²) < 4.78 is 24.9. The summed E-state index contributed by atoms with van der Waals surface area (Å²) in [6, 6.07) is 2.57. The van der Waals surface area contributed by atoms with Gasteiger partial charge in [0.25, 0.3) is 6.43 Å². The minimum absolute atomic E-state index is 0.139. The van der Waals surface area contributed by atoms with Gasteiger partial charge in [-0.1, -0.05) is 17.7 Å². The molecule has 0 saturated carbocycles. The Morgan fingerprint density at radius 1 is 1.43 bits per heavy atom. The number of ketones is 1. The van der Waals surface area contributed by atoms with Gasteiger partial charge in [-0.2, -0.15) is 0 Å².